The summed E-state index contributed by atoms with van der Waals surface area (Å²) in [4.78, 5) is 11.2. The van der Waals surface area contributed by atoms with Gasteiger partial charge < -0.3 is 5.11 Å². The highest BCUT2D eigenvalue weighted by Crippen LogP contribution is 2.27. The van der Waals surface area contributed by atoms with E-state index >= 15 is 0 Å². The van der Waals surface area contributed by atoms with Crippen LogP contribution in [0.4, 0.5) is 0 Å². The van der Waals surface area contributed by atoms with Crippen molar-refractivity contribution >= 4 is 28.9 Å². The van der Waals surface area contributed by atoms with Gasteiger partial charge in [0.2, 0.25) is 0 Å². The van der Waals surface area contributed by atoms with Gasteiger partial charge in [-0.3, -0.25) is 4.79 Å². The molecule has 0 aliphatic heterocycles. The Bertz CT molecular complexity index is 293. The van der Waals surface area contributed by atoms with Crippen LogP contribution in [0.1, 0.15) is 16.9 Å². The van der Waals surface area contributed by atoms with E-state index in [9.17, 15) is 4.79 Å². The maximum atomic E-state index is 10.3. The van der Waals surface area contributed by atoms with Crippen molar-refractivity contribution in [1.82, 2.24) is 0 Å². The van der Waals surface area contributed by atoms with E-state index in [0.29, 0.717) is 6.42 Å². The van der Waals surface area contributed by atoms with Crippen molar-refractivity contribution in [2.45, 2.75) is 19.8 Å². The zero-order chi connectivity index (χ0) is 9.14. The molecule has 0 amide bonds. The van der Waals surface area contributed by atoms with E-state index in [1.165, 1.54) is 11.3 Å². The second kappa shape index (κ2) is 3.92. The monoisotopic (exact) mass is 204 g/mol. The summed E-state index contributed by atoms with van der Waals surface area (Å²) in [6, 6.07) is 0. The molecule has 1 aromatic heterocycles. The van der Waals surface area contributed by atoms with Crippen LogP contribution in [0.5, 0.6) is 0 Å². The molecule has 0 unspecified atom stereocenters. The number of aliphatic carboxylic acids is 1. The molecule has 0 saturated carbocycles. The summed E-state index contributed by atoms with van der Waals surface area (Å²) in [6.45, 7) is 1.92. The van der Waals surface area contributed by atoms with Gasteiger partial charge in [0.1, 0.15) is 0 Å². The average Bonchev–Trinajstić information content (AvgIpc) is 2.30. The SMILES string of the molecule is Cc1csc(CCC(=O)O)c1Cl. The van der Waals surface area contributed by atoms with Crippen LogP contribution in [-0.4, -0.2) is 11.1 Å². The number of carboxylic acid groups (broad SMARTS) is 1. The Kier molecular flexibility index (Phi) is 3.12. The Morgan fingerprint density at radius 1 is 1.75 bits per heavy atom. The van der Waals surface area contributed by atoms with Crippen molar-refractivity contribution in [3.8, 4) is 0 Å². The van der Waals surface area contributed by atoms with E-state index < -0.39 is 5.97 Å². The van der Waals surface area contributed by atoms with Gasteiger partial charge >= 0.3 is 5.97 Å². The molecule has 0 aliphatic rings. The van der Waals surface area contributed by atoms with E-state index in [1.54, 1.807) is 0 Å². The summed E-state index contributed by atoms with van der Waals surface area (Å²) in [7, 11) is 0. The summed E-state index contributed by atoms with van der Waals surface area (Å²) in [5, 5.41) is 11.1. The standard InChI is InChI=1S/C8H9ClO2S/c1-5-4-12-6(8(5)9)2-3-7(10)11/h4H,2-3H2,1H3,(H,10,11). The van der Waals surface area contributed by atoms with E-state index in [0.717, 1.165) is 15.5 Å². The first-order valence-electron chi connectivity index (χ1n) is 3.55. The van der Waals surface area contributed by atoms with Gasteiger partial charge in [-0.25, -0.2) is 0 Å². The molecular weight excluding hydrogens is 196 g/mol. The fourth-order valence-electron chi connectivity index (χ4n) is 0.872. The predicted molar refractivity (Wildman–Crippen MR) is 50.0 cm³/mol. The van der Waals surface area contributed by atoms with Gasteiger partial charge in [0.05, 0.1) is 11.4 Å². The molecule has 2 nitrogen and oxygen atoms in total. The summed E-state index contributed by atoms with van der Waals surface area (Å²) < 4.78 is 0. The molecule has 0 radical (unpaired) electrons. The van der Waals surface area contributed by atoms with Crippen molar-refractivity contribution in [3.05, 3.63) is 20.8 Å². The normalized spacial score (nSPS) is 10.2. The first kappa shape index (κ1) is 9.55. The lowest BCUT2D eigenvalue weighted by Gasteiger charge is -1.94. The Balaban J connectivity index is 2.63. The molecule has 12 heavy (non-hydrogen) atoms. The van der Waals surface area contributed by atoms with E-state index in [1.807, 2.05) is 12.3 Å². The van der Waals surface area contributed by atoms with Crippen molar-refractivity contribution in [2.24, 2.45) is 0 Å². The Morgan fingerprint density at radius 3 is 2.83 bits per heavy atom. The highest BCUT2D eigenvalue weighted by atomic mass is 35.5. The molecule has 66 valence electrons. The molecule has 0 aromatic carbocycles. The number of halogens is 1. The molecule has 4 heteroatoms. The van der Waals surface area contributed by atoms with Crippen LogP contribution in [-0.2, 0) is 11.2 Å². The number of carboxylic acids is 1. The van der Waals surface area contributed by atoms with Crippen LogP contribution < -0.4 is 0 Å². The first-order valence-corrected chi connectivity index (χ1v) is 4.81. The molecule has 0 fully saturated rings. The van der Waals surface area contributed by atoms with Crippen molar-refractivity contribution in [1.29, 1.82) is 0 Å². The smallest absolute Gasteiger partial charge is 0.303 e. The summed E-state index contributed by atoms with van der Waals surface area (Å²) in [5.41, 5.74) is 1.03. The zero-order valence-corrected chi connectivity index (χ0v) is 8.21. The number of aryl methyl sites for hydroxylation is 2. The lowest BCUT2D eigenvalue weighted by molar-refractivity contribution is -0.136. The van der Waals surface area contributed by atoms with Gasteiger partial charge in [0.25, 0.3) is 0 Å². The quantitative estimate of drug-likeness (QED) is 0.822. The third-order valence-electron chi connectivity index (χ3n) is 1.53. The lowest BCUT2D eigenvalue weighted by Crippen LogP contribution is -1.96. The minimum absolute atomic E-state index is 0.152. The Labute approximate surface area is 79.8 Å². The molecule has 0 spiro atoms. The van der Waals surface area contributed by atoms with Crippen LogP contribution in [0.2, 0.25) is 5.02 Å². The molecule has 0 aliphatic carbocycles. The van der Waals surface area contributed by atoms with Gasteiger partial charge in [-0.1, -0.05) is 11.6 Å². The van der Waals surface area contributed by atoms with Crippen LogP contribution in [0.3, 0.4) is 0 Å². The van der Waals surface area contributed by atoms with Gasteiger partial charge in [0, 0.05) is 4.88 Å². The van der Waals surface area contributed by atoms with Crippen molar-refractivity contribution in [3.63, 3.8) is 0 Å². The van der Waals surface area contributed by atoms with Gasteiger partial charge in [-0.05, 0) is 24.3 Å². The Hall–Kier alpha value is -0.540. The van der Waals surface area contributed by atoms with Gasteiger partial charge in [-0.2, -0.15) is 0 Å². The molecule has 1 heterocycles. The van der Waals surface area contributed by atoms with Crippen LogP contribution in [0, 0.1) is 6.92 Å². The Morgan fingerprint density at radius 2 is 2.42 bits per heavy atom. The van der Waals surface area contributed by atoms with Crippen molar-refractivity contribution in [2.75, 3.05) is 0 Å². The maximum absolute atomic E-state index is 10.3. The zero-order valence-electron chi connectivity index (χ0n) is 6.63. The summed E-state index contributed by atoms with van der Waals surface area (Å²) in [5.74, 6) is -0.780. The minimum Gasteiger partial charge on any atom is -0.481 e. The van der Waals surface area contributed by atoms with E-state index in [-0.39, 0.29) is 6.42 Å². The van der Waals surface area contributed by atoms with Crippen molar-refractivity contribution < 1.29 is 9.90 Å². The van der Waals surface area contributed by atoms with Crippen LogP contribution >= 0.6 is 22.9 Å². The summed E-state index contributed by atoms with van der Waals surface area (Å²) in [6.07, 6.45) is 0.687. The maximum Gasteiger partial charge on any atom is 0.303 e. The highest BCUT2D eigenvalue weighted by Gasteiger charge is 2.07. The number of thiophene rings is 1. The van der Waals surface area contributed by atoms with Crippen LogP contribution in [0.15, 0.2) is 5.38 Å². The molecule has 1 N–H and O–H groups in total. The third-order valence-corrected chi connectivity index (χ3v) is 3.34. The highest BCUT2D eigenvalue weighted by molar-refractivity contribution is 7.10. The number of carbonyl (C=O) groups is 1. The minimum atomic E-state index is -0.780. The van der Waals surface area contributed by atoms with E-state index in [2.05, 4.69) is 0 Å². The van der Waals surface area contributed by atoms with Gasteiger partial charge in [-0.15, -0.1) is 11.3 Å². The molecule has 0 saturated heterocycles. The second-order valence-corrected chi connectivity index (χ2v) is 3.89. The van der Waals surface area contributed by atoms with Gasteiger partial charge in [0.15, 0.2) is 0 Å². The van der Waals surface area contributed by atoms with Crippen LogP contribution in [0.25, 0.3) is 0 Å². The molecule has 0 bridgehead atoms. The van der Waals surface area contributed by atoms with E-state index in [4.69, 9.17) is 16.7 Å². The molecule has 0 atom stereocenters. The predicted octanol–water partition coefficient (Wildman–Crippen LogP) is 2.73. The number of rotatable bonds is 3. The summed E-state index contributed by atoms with van der Waals surface area (Å²) >= 11 is 7.43. The largest absolute Gasteiger partial charge is 0.481 e. The average molecular weight is 205 g/mol. The second-order valence-electron chi connectivity index (χ2n) is 2.55. The molecule has 1 rings (SSSR count). The fraction of sp³-hybridized carbons (Fsp3) is 0.375. The molecular formula is C8H9ClO2S. The third kappa shape index (κ3) is 2.22. The number of hydrogen-bond acceptors (Lipinski definition) is 2. The lowest BCUT2D eigenvalue weighted by atomic mass is 10.2. The number of hydrogen-bond donors (Lipinski definition) is 1. The fourth-order valence-corrected chi connectivity index (χ4v) is 2.14. The molecule has 1 aromatic rings. The first-order chi connectivity index (χ1) is 5.61. The topological polar surface area (TPSA) is 37.3 Å².